The van der Waals surface area contributed by atoms with Crippen molar-refractivity contribution in [1.29, 1.82) is 0 Å². The lowest BCUT2D eigenvalue weighted by atomic mass is 9.94. The highest BCUT2D eigenvalue weighted by atomic mass is 32.2. The van der Waals surface area contributed by atoms with Gasteiger partial charge in [0, 0.05) is 24.6 Å². The third-order valence-electron chi connectivity index (χ3n) is 8.75. The summed E-state index contributed by atoms with van der Waals surface area (Å²) in [6, 6.07) is 27.8. The Labute approximate surface area is 277 Å². The molecular weight excluding hydrogens is 614 g/mol. The summed E-state index contributed by atoms with van der Waals surface area (Å²) in [4.78, 5) is 30.2. The number of aryl methyl sites for hydroxylation is 2. The van der Waals surface area contributed by atoms with Gasteiger partial charge in [-0.3, -0.25) is 13.9 Å². The fourth-order valence-corrected chi connectivity index (χ4v) is 7.73. The predicted molar refractivity (Wildman–Crippen MR) is 183 cm³/mol. The number of rotatable bonds is 12. The van der Waals surface area contributed by atoms with Crippen molar-refractivity contribution in [1.82, 2.24) is 10.2 Å². The molecule has 0 aromatic heterocycles. The van der Waals surface area contributed by atoms with Crippen molar-refractivity contribution in [2.24, 2.45) is 0 Å². The summed E-state index contributed by atoms with van der Waals surface area (Å²) >= 11 is 0. The number of hydrogen-bond donors (Lipinski definition) is 1. The Morgan fingerprint density at radius 3 is 2.15 bits per heavy atom. The highest BCUT2D eigenvalue weighted by Crippen LogP contribution is 2.29. The van der Waals surface area contributed by atoms with E-state index >= 15 is 4.39 Å². The molecule has 0 heterocycles. The minimum absolute atomic E-state index is 0.0231. The average Bonchev–Trinajstić information content (AvgIpc) is 3.07. The molecule has 9 heteroatoms. The van der Waals surface area contributed by atoms with Crippen LogP contribution in [0.25, 0.3) is 0 Å². The third kappa shape index (κ3) is 8.46. The Morgan fingerprint density at radius 2 is 1.49 bits per heavy atom. The SMILES string of the molecule is Cc1ccc(N(CC(=O)N(Cc2ccccc2F)C(Cc2ccccc2)C(=O)NC2CCCCC2)S(=O)(=O)c2ccccc2)c(C)c1. The van der Waals surface area contributed by atoms with Crippen LogP contribution in [-0.4, -0.2) is 43.8 Å². The first-order valence-electron chi connectivity index (χ1n) is 16.2. The standard InChI is InChI=1S/C38H42FN3O4S/c1-28-22-23-35(29(2)24-28)42(47(45,46)33-19-10-5-11-20-33)27-37(43)41(26-31-16-12-13-21-34(31)39)36(25-30-14-6-3-7-15-30)38(44)40-32-17-8-4-9-18-32/h3,5-7,10-16,19-24,32,36H,4,8-9,17-18,25-27H2,1-2H3,(H,40,44). The van der Waals surface area contributed by atoms with Gasteiger partial charge in [-0.2, -0.15) is 0 Å². The third-order valence-corrected chi connectivity index (χ3v) is 10.5. The number of sulfonamides is 1. The van der Waals surface area contributed by atoms with Crippen molar-refractivity contribution >= 4 is 27.5 Å². The molecule has 1 aliphatic rings. The number of hydrogen-bond acceptors (Lipinski definition) is 4. The van der Waals surface area contributed by atoms with E-state index in [9.17, 15) is 18.0 Å². The first-order chi connectivity index (χ1) is 22.6. The second-order valence-corrected chi connectivity index (χ2v) is 14.1. The summed E-state index contributed by atoms with van der Waals surface area (Å²) in [7, 11) is -4.22. The zero-order valence-corrected chi connectivity index (χ0v) is 27.8. The van der Waals surface area contributed by atoms with Crippen LogP contribution < -0.4 is 9.62 Å². The van der Waals surface area contributed by atoms with Gasteiger partial charge < -0.3 is 10.2 Å². The fraction of sp³-hybridized carbons (Fsp3) is 0.316. The number of amides is 2. The summed E-state index contributed by atoms with van der Waals surface area (Å²) < 4.78 is 44.7. The number of carbonyl (C=O) groups is 2. The van der Waals surface area contributed by atoms with Gasteiger partial charge in [-0.1, -0.05) is 104 Å². The maximum atomic E-state index is 15.2. The lowest BCUT2D eigenvalue weighted by Crippen LogP contribution is -2.55. The fourth-order valence-electron chi connectivity index (χ4n) is 6.23. The lowest BCUT2D eigenvalue weighted by Gasteiger charge is -2.35. The minimum Gasteiger partial charge on any atom is -0.352 e. The molecule has 0 radical (unpaired) electrons. The molecule has 246 valence electrons. The van der Waals surface area contributed by atoms with Crippen molar-refractivity contribution < 1.29 is 22.4 Å². The highest BCUT2D eigenvalue weighted by molar-refractivity contribution is 7.92. The molecule has 0 bridgehead atoms. The van der Waals surface area contributed by atoms with E-state index in [-0.39, 0.29) is 35.4 Å². The summed E-state index contributed by atoms with van der Waals surface area (Å²) in [5.41, 5.74) is 3.02. The van der Waals surface area contributed by atoms with E-state index in [2.05, 4.69) is 5.32 Å². The van der Waals surface area contributed by atoms with Crippen LogP contribution in [0.4, 0.5) is 10.1 Å². The molecule has 5 rings (SSSR count). The molecular formula is C38H42FN3O4S. The molecule has 2 amide bonds. The van der Waals surface area contributed by atoms with Crippen molar-refractivity contribution in [3.8, 4) is 0 Å². The van der Waals surface area contributed by atoms with Gasteiger partial charge in [0.25, 0.3) is 10.0 Å². The molecule has 1 atom stereocenters. The van der Waals surface area contributed by atoms with Crippen LogP contribution in [0.1, 0.15) is 54.4 Å². The van der Waals surface area contributed by atoms with Crippen LogP contribution in [-0.2, 0) is 32.6 Å². The van der Waals surface area contributed by atoms with Crippen LogP contribution in [0.15, 0.2) is 108 Å². The van der Waals surface area contributed by atoms with Crippen molar-refractivity contribution in [3.63, 3.8) is 0 Å². The van der Waals surface area contributed by atoms with Crippen LogP contribution >= 0.6 is 0 Å². The van der Waals surface area contributed by atoms with Crippen LogP contribution in [0.5, 0.6) is 0 Å². The van der Waals surface area contributed by atoms with Gasteiger partial charge in [0.15, 0.2) is 0 Å². The van der Waals surface area contributed by atoms with Gasteiger partial charge in [0.2, 0.25) is 11.8 Å². The quantitative estimate of drug-likeness (QED) is 0.184. The van der Waals surface area contributed by atoms with Gasteiger partial charge in [-0.25, -0.2) is 12.8 Å². The summed E-state index contributed by atoms with van der Waals surface area (Å²) in [6.45, 7) is 2.91. The van der Waals surface area contributed by atoms with Crippen molar-refractivity contribution in [3.05, 3.63) is 131 Å². The number of nitrogens with one attached hydrogen (secondary N) is 1. The normalized spacial score (nSPS) is 14.3. The maximum Gasteiger partial charge on any atom is 0.264 e. The first kappa shape index (κ1) is 33.9. The topological polar surface area (TPSA) is 86.8 Å². The smallest absolute Gasteiger partial charge is 0.264 e. The molecule has 1 N–H and O–H groups in total. The summed E-state index contributed by atoms with van der Waals surface area (Å²) in [6.07, 6.45) is 5.00. The molecule has 4 aromatic carbocycles. The van der Waals surface area contributed by atoms with E-state index in [1.807, 2.05) is 43.3 Å². The zero-order chi connectivity index (χ0) is 33.4. The second kappa shape index (κ2) is 15.4. The van der Waals surface area contributed by atoms with Crippen LogP contribution in [0, 0.1) is 19.7 Å². The number of anilines is 1. The molecule has 7 nitrogen and oxygen atoms in total. The minimum atomic E-state index is -4.22. The molecule has 1 saturated carbocycles. The molecule has 1 unspecified atom stereocenters. The van der Waals surface area contributed by atoms with Crippen molar-refractivity contribution in [2.75, 3.05) is 10.8 Å². The Bertz CT molecular complexity index is 1780. The molecule has 1 aliphatic carbocycles. The number of benzene rings is 4. The van der Waals surface area contributed by atoms with E-state index in [1.165, 1.54) is 23.1 Å². The van der Waals surface area contributed by atoms with Crippen molar-refractivity contribution in [2.45, 2.75) is 75.9 Å². The van der Waals surface area contributed by atoms with Gasteiger partial charge in [-0.15, -0.1) is 0 Å². The van der Waals surface area contributed by atoms with Gasteiger partial charge in [0.05, 0.1) is 10.6 Å². The second-order valence-electron chi connectivity index (χ2n) is 12.3. The highest BCUT2D eigenvalue weighted by Gasteiger charge is 2.36. The zero-order valence-electron chi connectivity index (χ0n) is 26.9. The Kier molecular flexibility index (Phi) is 11.1. The Morgan fingerprint density at radius 1 is 0.851 bits per heavy atom. The van der Waals surface area contributed by atoms with E-state index in [1.54, 1.807) is 55.5 Å². The molecule has 4 aromatic rings. The number of halogens is 1. The Balaban J connectivity index is 1.58. The number of carbonyl (C=O) groups excluding carboxylic acids is 2. The van der Waals surface area contributed by atoms with Gasteiger partial charge in [0.1, 0.15) is 18.4 Å². The molecule has 0 spiro atoms. The first-order valence-corrected chi connectivity index (χ1v) is 17.6. The van der Waals surface area contributed by atoms with E-state index in [0.717, 1.165) is 47.5 Å². The molecule has 0 aliphatic heterocycles. The molecule has 1 fully saturated rings. The molecule has 0 saturated heterocycles. The largest absolute Gasteiger partial charge is 0.352 e. The van der Waals surface area contributed by atoms with Gasteiger partial charge >= 0.3 is 0 Å². The van der Waals surface area contributed by atoms with Gasteiger partial charge in [-0.05, 0) is 62.1 Å². The lowest BCUT2D eigenvalue weighted by molar-refractivity contribution is -0.140. The van der Waals surface area contributed by atoms with E-state index in [0.29, 0.717) is 11.3 Å². The Hall–Kier alpha value is -4.50. The van der Waals surface area contributed by atoms with E-state index in [4.69, 9.17) is 0 Å². The van der Waals surface area contributed by atoms with Crippen LogP contribution in [0.3, 0.4) is 0 Å². The molecule has 47 heavy (non-hydrogen) atoms. The predicted octanol–water partition coefficient (Wildman–Crippen LogP) is 6.73. The van der Waals surface area contributed by atoms with Crippen LogP contribution in [0.2, 0.25) is 0 Å². The monoisotopic (exact) mass is 655 g/mol. The number of nitrogens with zero attached hydrogens (tertiary/aromatic N) is 2. The summed E-state index contributed by atoms with van der Waals surface area (Å²) in [5, 5.41) is 3.17. The maximum absolute atomic E-state index is 15.2. The average molecular weight is 656 g/mol. The van der Waals surface area contributed by atoms with E-state index < -0.39 is 34.3 Å². The summed E-state index contributed by atoms with van der Waals surface area (Å²) in [5.74, 6) is -1.47.